The van der Waals surface area contributed by atoms with Crippen molar-refractivity contribution in [2.24, 2.45) is 0 Å². The number of rotatable bonds is 6. The largest absolute Gasteiger partial charge is 0.506 e. The van der Waals surface area contributed by atoms with Crippen molar-refractivity contribution in [2.75, 3.05) is 35.6 Å². The van der Waals surface area contributed by atoms with Gasteiger partial charge in [-0.05, 0) is 49.2 Å². The van der Waals surface area contributed by atoms with E-state index in [1.54, 1.807) is 12.1 Å². The number of nitrogens with one attached hydrogen (secondary N) is 1. The summed E-state index contributed by atoms with van der Waals surface area (Å²) in [6, 6.07) is 9.62. The lowest BCUT2D eigenvalue weighted by Gasteiger charge is -2.18. The Morgan fingerprint density at radius 3 is 2.68 bits per heavy atom. The Morgan fingerprint density at radius 1 is 1.21 bits per heavy atom. The summed E-state index contributed by atoms with van der Waals surface area (Å²) in [6.45, 7) is 1.98. The quantitative estimate of drug-likeness (QED) is 0.713. The second-order valence-corrected chi connectivity index (χ2v) is 8.45. The molecule has 2 aromatic carbocycles. The minimum atomic E-state index is -3.36. The summed E-state index contributed by atoms with van der Waals surface area (Å²) in [4.78, 5) is 12.2. The van der Waals surface area contributed by atoms with Crippen LogP contribution in [0.5, 0.6) is 17.2 Å². The van der Waals surface area contributed by atoms with Gasteiger partial charge in [0.25, 0.3) is 5.91 Å². The van der Waals surface area contributed by atoms with Crippen LogP contribution in [0.2, 0.25) is 0 Å². The zero-order chi connectivity index (χ0) is 20.3. The maximum atomic E-state index is 12.2. The third-order valence-electron chi connectivity index (χ3n) is 4.32. The highest BCUT2D eigenvalue weighted by Crippen LogP contribution is 2.32. The van der Waals surface area contributed by atoms with E-state index in [0.29, 0.717) is 30.2 Å². The van der Waals surface area contributed by atoms with Crippen LogP contribution in [0.15, 0.2) is 36.4 Å². The van der Waals surface area contributed by atoms with Gasteiger partial charge in [0, 0.05) is 6.54 Å². The molecule has 0 bridgehead atoms. The molecule has 0 aliphatic carbocycles. The highest BCUT2D eigenvalue weighted by Gasteiger charge is 2.29. The fraction of sp³-hybridized carbons (Fsp3) is 0.316. The first-order chi connectivity index (χ1) is 13.3. The van der Waals surface area contributed by atoms with Gasteiger partial charge in [0.2, 0.25) is 10.0 Å². The number of aromatic hydroxyl groups is 1. The lowest BCUT2D eigenvalue weighted by atomic mass is 10.2. The van der Waals surface area contributed by atoms with Gasteiger partial charge in [0.15, 0.2) is 18.1 Å². The van der Waals surface area contributed by atoms with Crippen LogP contribution in [-0.4, -0.2) is 45.4 Å². The Balaban J connectivity index is 1.70. The molecule has 1 fully saturated rings. The number of carbonyl (C=O) groups excluding carboxylic acids is 1. The molecule has 0 atom stereocenters. The molecule has 2 N–H and O–H groups in total. The van der Waals surface area contributed by atoms with Gasteiger partial charge in [-0.1, -0.05) is 6.07 Å². The number of nitrogens with zero attached hydrogens (tertiary/aromatic N) is 1. The molecule has 0 saturated carbocycles. The molecule has 0 radical (unpaired) electrons. The van der Waals surface area contributed by atoms with Crippen molar-refractivity contribution in [2.45, 2.75) is 13.3 Å². The minimum absolute atomic E-state index is 0.0851. The number of hydrogen-bond acceptors (Lipinski definition) is 6. The Kier molecular flexibility index (Phi) is 5.64. The van der Waals surface area contributed by atoms with Crippen molar-refractivity contribution >= 4 is 27.3 Å². The molecule has 9 heteroatoms. The molecule has 3 rings (SSSR count). The van der Waals surface area contributed by atoms with Gasteiger partial charge in [-0.2, -0.15) is 0 Å². The molecule has 1 saturated heterocycles. The Bertz CT molecular complexity index is 990. The third-order valence-corrected chi connectivity index (χ3v) is 6.19. The molecule has 2 aromatic rings. The summed E-state index contributed by atoms with van der Waals surface area (Å²) in [5.41, 5.74) is 1.50. The summed E-state index contributed by atoms with van der Waals surface area (Å²) in [6.07, 6.45) is 0.539. The number of benzene rings is 2. The molecule has 1 aliphatic heterocycles. The molecular weight excluding hydrogens is 384 g/mol. The number of hydrogen-bond donors (Lipinski definition) is 2. The van der Waals surface area contributed by atoms with Crippen molar-refractivity contribution in [3.8, 4) is 17.2 Å². The van der Waals surface area contributed by atoms with Crippen LogP contribution in [-0.2, 0) is 14.8 Å². The topological polar surface area (TPSA) is 105 Å². The normalized spacial score (nSPS) is 15.3. The van der Waals surface area contributed by atoms with E-state index in [0.717, 1.165) is 5.56 Å². The predicted octanol–water partition coefficient (Wildman–Crippen LogP) is 2.27. The predicted molar refractivity (Wildman–Crippen MR) is 106 cm³/mol. The molecule has 1 amide bonds. The monoisotopic (exact) mass is 406 g/mol. The van der Waals surface area contributed by atoms with E-state index < -0.39 is 15.9 Å². The van der Waals surface area contributed by atoms with Crippen LogP contribution in [0, 0.1) is 6.92 Å². The molecule has 150 valence electrons. The number of sulfonamides is 1. The molecule has 1 aliphatic rings. The fourth-order valence-electron chi connectivity index (χ4n) is 2.93. The number of aryl methyl sites for hydroxylation is 1. The molecule has 0 unspecified atom stereocenters. The second kappa shape index (κ2) is 7.97. The standard InChI is InChI=1S/C19H22N2O6S/c1-13-4-7-17(18(10-13)26-2)27-12-19(23)20-15-11-14(5-6-16(15)22)21-8-3-9-28(21,24)25/h4-7,10-11,22H,3,8-9,12H2,1-2H3,(H,20,23). The first-order valence-corrected chi connectivity index (χ1v) is 10.3. The van der Waals surface area contributed by atoms with Gasteiger partial charge < -0.3 is 19.9 Å². The van der Waals surface area contributed by atoms with E-state index in [9.17, 15) is 18.3 Å². The fourth-order valence-corrected chi connectivity index (χ4v) is 4.49. The van der Waals surface area contributed by atoms with Crippen molar-refractivity contribution in [3.05, 3.63) is 42.0 Å². The van der Waals surface area contributed by atoms with Crippen molar-refractivity contribution in [3.63, 3.8) is 0 Å². The van der Waals surface area contributed by atoms with Crippen LogP contribution in [0.25, 0.3) is 0 Å². The van der Waals surface area contributed by atoms with E-state index in [1.807, 2.05) is 13.0 Å². The van der Waals surface area contributed by atoms with Gasteiger partial charge in [-0.3, -0.25) is 9.10 Å². The van der Waals surface area contributed by atoms with Crippen LogP contribution in [0.3, 0.4) is 0 Å². The Labute approximate surface area is 163 Å². The number of phenolic OH excluding ortho intramolecular Hbond substituents is 1. The maximum Gasteiger partial charge on any atom is 0.262 e. The van der Waals surface area contributed by atoms with Crippen LogP contribution >= 0.6 is 0 Å². The van der Waals surface area contributed by atoms with Gasteiger partial charge >= 0.3 is 0 Å². The summed E-state index contributed by atoms with van der Waals surface area (Å²) < 4.78 is 36.1. The van der Waals surface area contributed by atoms with E-state index in [2.05, 4.69) is 5.32 Å². The average molecular weight is 406 g/mol. The van der Waals surface area contributed by atoms with Gasteiger partial charge in [-0.15, -0.1) is 0 Å². The van der Waals surface area contributed by atoms with Gasteiger partial charge in [0.05, 0.1) is 24.2 Å². The molecule has 0 spiro atoms. The zero-order valence-electron chi connectivity index (χ0n) is 15.6. The molecule has 28 heavy (non-hydrogen) atoms. The lowest BCUT2D eigenvalue weighted by molar-refractivity contribution is -0.118. The number of amides is 1. The molecule has 8 nitrogen and oxygen atoms in total. The molecule has 0 aromatic heterocycles. The van der Waals surface area contributed by atoms with Crippen molar-refractivity contribution in [1.82, 2.24) is 0 Å². The van der Waals surface area contributed by atoms with Crippen LogP contribution < -0.4 is 19.1 Å². The lowest BCUT2D eigenvalue weighted by Crippen LogP contribution is -2.25. The first kappa shape index (κ1) is 19.8. The zero-order valence-corrected chi connectivity index (χ0v) is 16.5. The van der Waals surface area contributed by atoms with Crippen molar-refractivity contribution in [1.29, 1.82) is 0 Å². The number of methoxy groups -OCH3 is 1. The van der Waals surface area contributed by atoms with Crippen LogP contribution in [0.1, 0.15) is 12.0 Å². The summed E-state index contributed by atoms with van der Waals surface area (Å²) >= 11 is 0. The Morgan fingerprint density at radius 2 is 2.00 bits per heavy atom. The van der Waals surface area contributed by atoms with E-state index in [1.165, 1.54) is 29.6 Å². The summed E-state index contributed by atoms with van der Waals surface area (Å²) in [7, 11) is -1.84. The van der Waals surface area contributed by atoms with Gasteiger partial charge in [-0.25, -0.2) is 8.42 Å². The van der Waals surface area contributed by atoms with E-state index >= 15 is 0 Å². The number of anilines is 2. The SMILES string of the molecule is COc1cc(C)ccc1OCC(=O)Nc1cc(N2CCCS2(=O)=O)ccc1O. The maximum absolute atomic E-state index is 12.2. The van der Waals surface area contributed by atoms with Crippen LogP contribution in [0.4, 0.5) is 11.4 Å². The highest BCUT2D eigenvalue weighted by atomic mass is 32.2. The summed E-state index contributed by atoms with van der Waals surface area (Å²) in [5.74, 6) is 0.351. The van der Waals surface area contributed by atoms with E-state index in [4.69, 9.17) is 9.47 Å². The highest BCUT2D eigenvalue weighted by molar-refractivity contribution is 7.93. The van der Waals surface area contributed by atoms with Gasteiger partial charge in [0.1, 0.15) is 5.75 Å². The Hall–Kier alpha value is -2.94. The third kappa shape index (κ3) is 4.30. The second-order valence-electron chi connectivity index (χ2n) is 6.43. The summed E-state index contributed by atoms with van der Waals surface area (Å²) in [5, 5.41) is 12.6. The average Bonchev–Trinajstić information content (AvgIpc) is 3.01. The number of ether oxygens (including phenoxy) is 2. The smallest absolute Gasteiger partial charge is 0.262 e. The van der Waals surface area contributed by atoms with Crippen molar-refractivity contribution < 1.29 is 27.8 Å². The van der Waals surface area contributed by atoms with E-state index in [-0.39, 0.29) is 23.8 Å². The first-order valence-electron chi connectivity index (χ1n) is 8.71. The minimum Gasteiger partial charge on any atom is -0.506 e. The molecular formula is C19H22N2O6S. The molecule has 1 heterocycles. The number of phenols is 1. The number of carbonyl (C=O) groups is 1.